The average Bonchev–Trinajstić information content (AvgIpc) is 2.75. The Morgan fingerprint density at radius 3 is 2.53 bits per heavy atom. The highest BCUT2D eigenvalue weighted by molar-refractivity contribution is 5.92. The summed E-state index contributed by atoms with van der Waals surface area (Å²) in [4.78, 5) is 12.0. The van der Waals surface area contributed by atoms with Crippen LogP contribution in [0.2, 0.25) is 0 Å². The Balaban J connectivity index is 2.06. The van der Waals surface area contributed by atoms with Crippen molar-refractivity contribution in [3.63, 3.8) is 0 Å². The molecule has 1 aromatic heterocycles. The van der Waals surface area contributed by atoms with E-state index in [2.05, 4.69) is 5.32 Å². The molecule has 2 aromatic rings. The van der Waals surface area contributed by atoms with Crippen molar-refractivity contribution in [2.45, 2.75) is 27.0 Å². The van der Waals surface area contributed by atoms with Crippen LogP contribution in [0.25, 0.3) is 0 Å². The number of carbonyl (C=O) groups is 1. The Morgan fingerprint density at radius 1 is 1.26 bits per heavy atom. The number of furan rings is 1. The fourth-order valence-corrected chi connectivity index (χ4v) is 2.01. The third-order valence-electron chi connectivity index (χ3n) is 2.98. The van der Waals surface area contributed by atoms with Crippen molar-refractivity contribution in [1.82, 2.24) is 5.32 Å². The smallest absolute Gasteiger partial charge is 0.287 e. The van der Waals surface area contributed by atoms with E-state index in [9.17, 15) is 9.90 Å². The monoisotopic (exact) mass is 259 g/mol. The highest BCUT2D eigenvalue weighted by atomic mass is 16.3. The number of hydrogen-bond donors (Lipinski definition) is 2. The van der Waals surface area contributed by atoms with Crippen LogP contribution < -0.4 is 5.32 Å². The number of hydrogen-bond acceptors (Lipinski definition) is 3. The summed E-state index contributed by atoms with van der Waals surface area (Å²) in [5.41, 5.74) is 2.54. The minimum absolute atomic E-state index is 0.0368. The van der Waals surface area contributed by atoms with Crippen LogP contribution in [0.5, 0.6) is 0 Å². The summed E-state index contributed by atoms with van der Waals surface area (Å²) in [5.74, 6) is 0.829. The lowest BCUT2D eigenvalue weighted by molar-refractivity contribution is 0.0920. The van der Waals surface area contributed by atoms with Gasteiger partial charge in [0.15, 0.2) is 5.76 Å². The largest absolute Gasteiger partial charge is 0.456 e. The Labute approximate surface area is 112 Å². The van der Waals surface area contributed by atoms with Gasteiger partial charge in [0.1, 0.15) is 5.76 Å². The number of nitrogens with one attached hydrogen (secondary N) is 1. The summed E-state index contributed by atoms with van der Waals surface area (Å²) < 4.78 is 5.36. The van der Waals surface area contributed by atoms with E-state index in [1.165, 1.54) is 0 Å². The molecule has 0 saturated heterocycles. The second-order valence-corrected chi connectivity index (χ2v) is 4.48. The molecule has 2 N–H and O–H groups in total. The molecule has 1 aromatic carbocycles. The first-order valence-electron chi connectivity index (χ1n) is 6.14. The van der Waals surface area contributed by atoms with Crippen molar-refractivity contribution >= 4 is 5.91 Å². The summed E-state index contributed by atoms with van der Waals surface area (Å²) in [7, 11) is 0. The number of carbonyl (C=O) groups excluding carboxylic acids is 1. The molecule has 0 radical (unpaired) electrons. The zero-order valence-electron chi connectivity index (χ0n) is 11.1. The van der Waals surface area contributed by atoms with Crippen molar-refractivity contribution in [3.05, 3.63) is 58.5 Å². The molecule has 19 heavy (non-hydrogen) atoms. The number of aliphatic hydroxyl groups is 1. The summed E-state index contributed by atoms with van der Waals surface area (Å²) >= 11 is 0. The van der Waals surface area contributed by atoms with Crippen molar-refractivity contribution in [2.75, 3.05) is 0 Å². The summed E-state index contributed by atoms with van der Waals surface area (Å²) in [5, 5.41) is 12.0. The van der Waals surface area contributed by atoms with Crippen LogP contribution >= 0.6 is 0 Å². The lowest BCUT2D eigenvalue weighted by atomic mass is 10.1. The topological polar surface area (TPSA) is 62.5 Å². The van der Waals surface area contributed by atoms with Crippen LogP contribution in [0.1, 0.15) is 33.0 Å². The highest BCUT2D eigenvalue weighted by Crippen LogP contribution is 2.14. The van der Waals surface area contributed by atoms with E-state index in [0.29, 0.717) is 12.3 Å². The molecule has 0 aliphatic rings. The molecule has 0 aliphatic heterocycles. The number of benzene rings is 1. The van der Waals surface area contributed by atoms with Gasteiger partial charge in [-0.15, -0.1) is 0 Å². The predicted octanol–water partition coefficient (Wildman–Crippen LogP) is 2.32. The molecule has 100 valence electrons. The summed E-state index contributed by atoms with van der Waals surface area (Å²) in [6.07, 6.45) is 0. The Hall–Kier alpha value is -2.07. The lowest BCUT2D eigenvalue weighted by Gasteiger charge is -2.08. The van der Waals surface area contributed by atoms with Gasteiger partial charge in [0.25, 0.3) is 5.91 Å². The molecule has 0 fully saturated rings. The number of aliphatic hydroxyl groups excluding tert-OH is 1. The summed E-state index contributed by atoms with van der Waals surface area (Å²) in [6.45, 7) is 3.98. The Morgan fingerprint density at radius 2 is 1.95 bits per heavy atom. The van der Waals surface area contributed by atoms with Gasteiger partial charge in [0.2, 0.25) is 0 Å². The maximum atomic E-state index is 12.0. The molecule has 1 amide bonds. The molecule has 0 unspecified atom stereocenters. The van der Waals surface area contributed by atoms with Gasteiger partial charge in [-0.3, -0.25) is 4.79 Å². The van der Waals surface area contributed by atoms with E-state index < -0.39 is 0 Å². The third kappa shape index (κ3) is 3.03. The zero-order valence-corrected chi connectivity index (χ0v) is 11.1. The van der Waals surface area contributed by atoms with E-state index in [-0.39, 0.29) is 12.5 Å². The van der Waals surface area contributed by atoms with Crippen molar-refractivity contribution in [3.8, 4) is 0 Å². The van der Waals surface area contributed by atoms with Gasteiger partial charge in [-0.25, -0.2) is 0 Å². The van der Waals surface area contributed by atoms with Crippen LogP contribution in [0.3, 0.4) is 0 Å². The quantitative estimate of drug-likeness (QED) is 0.885. The van der Waals surface area contributed by atoms with Gasteiger partial charge in [-0.05, 0) is 31.0 Å². The molecular formula is C15H17NO3. The standard InChI is InChI=1S/C15H17NO3/c1-10-7-11(2)19-14(10)15(18)16-8-12-5-3-4-6-13(12)9-17/h3-7,17H,8-9H2,1-2H3,(H,16,18). The maximum Gasteiger partial charge on any atom is 0.287 e. The van der Waals surface area contributed by atoms with E-state index in [0.717, 1.165) is 22.5 Å². The fourth-order valence-electron chi connectivity index (χ4n) is 2.01. The van der Waals surface area contributed by atoms with Crippen molar-refractivity contribution in [2.24, 2.45) is 0 Å². The summed E-state index contributed by atoms with van der Waals surface area (Å²) in [6, 6.07) is 9.28. The van der Waals surface area contributed by atoms with Gasteiger partial charge < -0.3 is 14.8 Å². The molecule has 0 spiro atoms. The molecule has 2 rings (SSSR count). The van der Waals surface area contributed by atoms with Crippen LogP contribution in [0.15, 0.2) is 34.7 Å². The van der Waals surface area contributed by atoms with Gasteiger partial charge >= 0.3 is 0 Å². The minimum atomic E-state index is -0.238. The van der Waals surface area contributed by atoms with Gasteiger partial charge in [0.05, 0.1) is 6.61 Å². The highest BCUT2D eigenvalue weighted by Gasteiger charge is 2.14. The Bertz CT molecular complexity index is 587. The number of aryl methyl sites for hydroxylation is 2. The van der Waals surface area contributed by atoms with E-state index in [4.69, 9.17) is 4.42 Å². The fraction of sp³-hybridized carbons (Fsp3) is 0.267. The van der Waals surface area contributed by atoms with Crippen molar-refractivity contribution in [1.29, 1.82) is 0 Å². The lowest BCUT2D eigenvalue weighted by Crippen LogP contribution is -2.23. The zero-order chi connectivity index (χ0) is 13.8. The van der Waals surface area contributed by atoms with Crippen LogP contribution in [0.4, 0.5) is 0 Å². The number of rotatable bonds is 4. The SMILES string of the molecule is Cc1cc(C)c(C(=O)NCc2ccccc2CO)o1. The van der Waals surface area contributed by atoms with Crippen molar-refractivity contribution < 1.29 is 14.3 Å². The maximum absolute atomic E-state index is 12.0. The molecule has 1 heterocycles. The van der Waals surface area contributed by atoms with E-state index in [1.54, 1.807) is 0 Å². The second-order valence-electron chi connectivity index (χ2n) is 4.48. The molecular weight excluding hydrogens is 242 g/mol. The first kappa shape index (κ1) is 13.4. The molecule has 4 nitrogen and oxygen atoms in total. The predicted molar refractivity (Wildman–Crippen MR) is 71.7 cm³/mol. The average molecular weight is 259 g/mol. The number of amides is 1. The van der Waals surface area contributed by atoms with E-state index in [1.807, 2.05) is 44.2 Å². The van der Waals surface area contributed by atoms with Gasteiger partial charge in [0, 0.05) is 12.1 Å². The Kier molecular flexibility index (Phi) is 4.02. The molecule has 0 saturated carbocycles. The minimum Gasteiger partial charge on any atom is -0.456 e. The van der Waals surface area contributed by atoms with Gasteiger partial charge in [-0.1, -0.05) is 24.3 Å². The normalized spacial score (nSPS) is 10.5. The third-order valence-corrected chi connectivity index (χ3v) is 2.98. The second kappa shape index (κ2) is 5.71. The molecule has 4 heteroatoms. The van der Waals surface area contributed by atoms with Gasteiger partial charge in [-0.2, -0.15) is 0 Å². The van der Waals surface area contributed by atoms with Crippen LogP contribution in [-0.2, 0) is 13.2 Å². The molecule has 0 aliphatic carbocycles. The molecule has 0 bridgehead atoms. The first-order chi connectivity index (χ1) is 9.11. The van der Waals surface area contributed by atoms with Crippen LogP contribution in [-0.4, -0.2) is 11.0 Å². The van der Waals surface area contributed by atoms with E-state index >= 15 is 0 Å². The molecule has 0 atom stereocenters. The first-order valence-corrected chi connectivity index (χ1v) is 6.14. The van der Waals surface area contributed by atoms with Crippen LogP contribution in [0, 0.1) is 13.8 Å².